The molecule has 0 bridgehead atoms. The number of rotatable bonds is 1. The van der Waals surface area contributed by atoms with Crippen molar-refractivity contribution in [2.45, 2.75) is 51.9 Å². The van der Waals surface area contributed by atoms with E-state index in [9.17, 15) is 5.11 Å². The zero-order chi connectivity index (χ0) is 8.81. The van der Waals surface area contributed by atoms with Crippen molar-refractivity contribution < 1.29 is 5.11 Å². The Hall–Kier alpha value is -0.0400. The van der Waals surface area contributed by atoms with Crippen LogP contribution in [0.5, 0.6) is 0 Å². The number of aliphatic hydroxyl groups is 1. The van der Waals surface area contributed by atoms with E-state index >= 15 is 0 Å². The van der Waals surface area contributed by atoms with Gasteiger partial charge in [-0.15, -0.1) is 0 Å². The van der Waals surface area contributed by atoms with E-state index in [0.717, 1.165) is 5.92 Å². The number of hydrogen-bond acceptors (Lipinski definition) is 1. The third-order valence-corrected chi connectivity index (χ3v) is 3.27. The van der Waals surface area contributed by atoms with Gasteiger partial charge < -0.3 is 5.11 Å². The van der Waals surface area contributed by atoms with Crippen LogP contribution in [0.3, 0.4) is 0 Å². The number of aliphatic hydroxyl groups excluding tert-OH is 1. The molecule has 72 valence electrons. The van der Waals surface area contributed by atoms with Crippen LogP contribution in [-0.4, -0.2) is 11.7 Å². The lowest BCUT2D eigenvalue weighted by Gasteiger charge is -2.20. The second-order valence-electron chi connectivity index (χ2n) is 4.27. The Kier molecular flexibility index (Phi) is 4.67. The quantitative estimate of drug-likeness (QED) is 0.641. The van der Waals surface area contributed by atoms with E-state index in [1.165, 1.54) is 44.9 Å². The van der Waals surface area contributed by atoms with Gasteiger partial charge >= 0.3 is 0 Å². The van der Waals surface area contributed by atoms with E-state index < -0.39 is 0 Å². The molecule has 0 aromatic rings. The molecule has 1 aliphatic carbocycles. The minimum absolute atomic E-state index is 0.404. The van der Waals surface area contributed by atoms with Crippen LogP contribution >= 0.6 is 0 Å². The molecular formula is C11H22O. The van der Waals surface area contributed by atoms with Gasteiger partial charge in [0.15, 0.2) is 0 Å². The molecule has 0 aromatic carbocycles. The van der Waals surface area contributed by atoms with Gasteiger partial charge in [0.2, 0.25) is 0 Å². The Labute approximate surface area is 76.2 Å². The van der Waals surface area contributed by atoms with Crippen molar-refractivity contribution in [1.82, 2.24) is 0 Å². The van der Waals surface area contributed by atoms with Crippen LogP contribution in [0.2, 0.25) is 0 Å². The lowest BCUT2D eigenvalue weighted by atomic mass is 9.87. The molecule has 0 aromatic heterocycles. The Morgan fingerprint density at radius 1 is 1.00 bits per heavy atom. The summed E-state index contributed by atoms with van der Waals surface area (Å²) in [5.74, 6) is 1.33. The summed E-state index contributed by atoms with van der Waals surface area (Å²) < 4.78 is 0. The molecule has 2 atom stereocenters. The van der Waals surface area contributed by atoms with Crippen molar-refractivity contribution in [1.29, 1.82) is 0 Å². The first-order valence-corrected chi connectivity index (χ1v) is 5.45. The van der Waals surface area contributed by atoms with Crippen molar-refractivity contribution in [3.8, 4) is 0 Å². The summed E-state index contributed by atoms with van der Waals surface area (Å²) in [6.45, 7) is 2.70. The lowest BCUT2D eigenvalue weighted by molar-refractivity contribution is 0.167. The average Bonchev–Trinajstić information content (AvgIpc) is 2.17. The molecule has 0 radical (unpaired) electrons. The van der Waals surface area contributed by atoms with Gasteiger partial charge in [-0.3, -0.25) is 0 Å². The molecule has 1 heteroatoms. The molecule has 1 N–H and O–H groups in total. The van der Waals surface area contributed by atoms with Crippen LogP contribution in [0.25, 0.3) is 0 Å². The Bertz CT molecular complexity index is 112. The predicted octanol–water partition coefficient (Wildman–Crippen LogP) is 2.98. The van der Waals surface area contributed by atoms with E-state index in [2.05, 4.69) is 6.92 Å². The highest BCUT2D eigenvalue weighted by atomic mass is 16.3. The van der Waals surface area contributed by atoms with Gasteiger partial charge in [0, 0.05) is 6.61 Å². The van der Waals surface area contributed by atoms with Crippen LogP contribution in [0, 0.1) is 11.8 Å². The van der Waals surface area contributed by atoms with Gasteiger partial charge in [-0.25, -0.2) is 0 Å². The Balaban J connectivity index is 2.35. The Morgan fingerprint density at radius 2 is 1.58 bits per heavy atom. The van der Waals surface area contributed by atoms with Crippen LogP contribution in [0.1, 0.15) is 51.9 Å². The lowest BCUT2D eigenvalue weighted by Crippen LogP contribution is -2.15. The first kappa shape index (κ1) is 10.0. The van der Waals surface area contributed by atoms with Crippen molar-refractivity contribution >= 4 is 0 Å². The van der Waals surface area contributed by atoms with E-state index in [1.54, 1.807) is 0 Å². The maximum atomic E-state index is 9.17. The van der Waals surface area contributed by atoms with Crippen molar-refractivity contribution in [3.05, 3.63) is 0 Å². The monoisotopic (exact) mass is 170 g/mol. The SMILES string of the molecule is CC1CCCCCCCC1CO. The fourth-order valence-electron chi connectivity index (χ4n) is 2.19. The minimum atomic E-state index is 0.404. The molecule has 1 fully saturated rings. The standard InChI is InChI=1S/C11H22O/c1-10-7-5-3-2-4-6-8-11(10)9-12/h10-12H,2-9H2,1H3. The highest BCUT2D eigenvalue weighted by Gasteiger charge is 2.16. The predicted molar refractivity (Wildman–Crippen MR) is 52.1 cm³/mol. The fourth-order valence-corrected chi connectivity index (χ4v) is 2.19. The summed E-state index contributed by atoms with van der Waals surface area (Å²) in [6.07, 6.45) is 9.46. The van der Waals surface area contributed by atoms with Crippen LogP contribution in [-0.2, 0) is 0 Å². The molecule has 0 saturated heterocycles. The van der Waals surface area contributed by atoms with Crippen LogP contribution in [0.4, 0.5) is 0 Å². The van der Waals surface area contributed by atoms with Gasteiger partial charge in [-0.1, -0.05) is 45.4 Å². The van der Waals surface area contributed by atoms with E-state index in [4.69, 9.17) is 0 Å². The van der Waals surface area contributed by atoms with Crippen molar-refractivity contribution in [2.75, 3.05) is 6.61 Å². The summed E-state index contributed by atoms with van der Waals surface area (Å²) in [5.41, 5.74) is 0. The van der Waals surface area contributed by atoms with Crippen LogP contribution < -0.4 is 0 Å². The molecule has 2 unspecified atom stereocenters. The van der Waals surface area contributed by atoms with Crippen molar-refractivity contribution in [2.24, 2.45) is 11.8 Å². The summed E-state index contributed by atoms with van der Waals surface area (Å²) in [7, 11) is 0. The van der Waals surface area contributed by atoms with Gasteiger partial charge in [0.05, 0.1) is 0 Å². The minimum Gasteiger partial charge on any atom is -0.396 e. The molecule has 1 rings (SSSR count). The summed E-state index contributed by atoms with van der Waals surface area (Å²) in [4.78, 5) is 0. The zero-order valence-corrected chi connectivity index (χ0v) is 8.26. The van der Waals surface area contributed by atoms with Gasteiger partial charge in [0.1, 0.15) is 0 Å². The molecular weight excluding hydrogens is 148 g/mol. The maximum Gasteiger partial charge on any atom is 0.0461 e. The third kappa shape index (κ3) is 3.14. The largest absolute Gasteiger partial charge is 0.396 e. The van der Waals surface area contributed by atoms with E-state index in [0.29, 0.717) is 12.5 Å². The topological polar surface area (TPSA) is 20.2 Å². The molecule has 1 nitrogen and oxygen atoms in total. The molecule has 12 heavy (non-hydrogen) atoms. The smallest absolute Gasteiger partial charge is 0.0461 e. The normalized spacial score (nSPS) is 33.5. The van der Waals surface area contributed by atoms with E-state index in [-0.39, 0.29) is 0 Å². The summed E-state index contributed by atoms with van der Waals surface area (Å²) in [5, 5.41) is 9.17. The highest BCUT2D eigenvalue weighted by Crippen LogP contribution is 2.26. The molecule has 1 aliphatic rings. The number of hydrogen-bond donors (Lipinski definition) is 1. The third-order valence-electron chi connectivity index (χ3n) is 3.27. The first-order valence-electron chi connectivity index (χ1n) is 5.45. The second-order valence-corrected chi connectivity index (χ2v) is 4.27. The zero-order valence-electron chi connectivity index (χ0n) is 8.26. The van der Waals surface area contributed by atoms with Gasteiger partial charge in [-0.2, -0.15) is 0 Å². The van der Waals surface area contributed by atoms with Crippen LogP contribution in [0.15, 0.2) is 0 Å². The highest BCUT2D eigenvalue weighted by molar-refractivity contribution is 4.68. The van der Waals surface area contributed by atoms with Crippen molar-refractivity contribution in [3.63, 3.8) is 0 Å². The molecule has 0 aliphatic heterocycles. The van der Waals surface area contributed by atoms with Gasteiger partial charge in [-0.05, 0) is 18.3 Å². The molecule has 1 saturated carbocycles. The summed E-state index contributed by atoms with van der Waals surface area (Å²) >= 11 is 0. The summed E-state index contributed by atoms with van der Waals surface area (Å²) in [6, 6.07) is 0. The molecule has 0 heterocycles. The Morgan fingerprint density at radius 3 is 2.25 bits per heavy atom. The van der Waals surface area contributed by atoms with E-state index in [1.807, 2.05) is 0 Å². The fraction of sp³-hybridized carbons (Fsp3) is 1.00. The average molecular weight is 170 g/mol. The van der Waals surface area contributed by atoms with Gasteiger partial charge in [0.25, 0.3) is 0 Å². The second kappa shape index (κ2) is 5.58. The molecule has 0 amide bonds. The molecule has 0 spiro atoms. The maximum absolute atomic E-state index is 9.17. The first-order chi connectivity index (χ1) is 5.84.